The van der Waals surface area contributed by atoms with Crippen molar-refractivity contribution >= 4 is 17.5 Å². The number of rotatable bonds is 6. The highest BCUT2D eigenvalue weighted by molar-refractivity contribution is 6.04. The van der Waals surface area contributed by atoms with Crippen molar-refractivity contribution in [3.8, 4) is 6.07 Å². The number of carbonyl (C=O) groups is 2. The van der Waals surface area contributed by atoms with Gasteiger partial charge < -0.3 is 20.1 Å². The molecule has 30 heavy (non-hydrogen) atoms. The standard InChI is InChI=1S/C23H25N3O4/c1-15(2)12-26-20(13-27)22(30-14-21(26)28)17-6-8-19(9-7-17)25-23(29)18-5-3-4-16(10-18)11-24/h3-10,15,20,22,27H,12-14H2,1-2H3,(H,25,29)/t20-,22-/m1/s1. The molecule has 7 nitrogen and oxygen atoms in total. The minimum absolute atomic E-state index is 0.0262. The zero-order valence-electron chi connectivity index (χ0n) is 17.0. The van der Waals surface area contributed by atoms with E-state index in [1.54, 1.807) is 35.2 Å². The van der Waals surface area contributed by atoms with E-state index in [0.717, 1.165) is 5.56 Å². The first-order chi connectivity index (χ1) is 14.4. The maximum Gasteiger partial charge on any atom is 0.255 e. The van der Waals surface area contributed by atoms with Gasteiger partial charge in [0.05, 0.1) is 24.3 Å². The Morgan fingerprint density at radius 2 is 2.03 bits per heavy atom. The number of aliphatic hydroxyl groups is 1. The second-order valence-electron chi connectivity index (χ2n) is 7.69. The topological polar surface area (TPSA) is 103 Å². The van der Waals surface area contributed by atoms with E-state index in [1.807, 2.05) is 32.0 Å². The van der Waals surface area contributed by atoms with Crippen molar-refractivity contribution in [1.29, 1.82) is 5.26 Å². The Balaban J connectivity index is 1.73. The Hall–Kier alpha value is -3.21. The molecule has 3 rings (SSSR count). The van der Waals surface area contributed by atoms with Gasteiger partial charge in [-0.2, -0.15) is 5.26 Å². The minimum atomic E-state index is -0.456. The lowest BCUT2D eigenvalue weighted by atomic mass is 9.98. The summed E-state index contributed by atoms with van der Waals surface area (Å²) >= 11 is 0. The number of nitrogens with zero attached hydrogens (tertiary/aromatic N) is 2. The molecule has 0 unspecified atom stereocenters. The summed E-state index contributed by atoms with van der Waals surface area (Å²) in [7, 11) is 0. The van der Waals surface area contributed by atoms with Crippen LogP contribution >= 0.6 is 0 Å². The van der Waals surface area contributed by atoms with Crippen molar-refractivity contribution in [2.75, 3.05) is 25.1 Å². The quantitative estimate of drug-likeness (QED) is 0.766. The maximum absolute atomic E-state index is 12.4. The van der Waals surface area contributed by atoms with Crippen LogP contribution in [0.15, 0.2) is 48.5 Å². The van der Waals surface area contributed by atoms with E-state index in [-0.39, 0.29) is 30.9 Å². The molecule has 0 aromatic heterocycles. The normalized spacial score (nSPS) is 18.9. The third-order valence-electron chi connectivity index (χ3n) is 4.96. The number of hydrogen-bond acceptors (Lipinski definition) is 5. The molecule has 7 heteroatoms. The van der Waals surface area contributed by atoms with Crippen LogP contribution in [-0.2, 0) is 9.53 Å². The molecule has 0 aliphatic carbocycles. The van der Waals surface area contributed by atoms with Gasteiger partial charge in [0.25, 0.3) is 5.91 Å². The van der Waals surface area contributed by atoms with E-state index in [4.69, 9.17) is 10.00 Å². The number of nitriles is 1. The highest BCUT2D eigenvalue weighted by Crippen LogP contribution is 2.30. The third kappa shape index (κ3) is 4.85. The van der Waals surface area contributed by atoms with Gasteiger partial charge in [-0.05, 0) is 41.8 Å². The lowest BCUT2D eigenvalue weighted by Gasteiger charge is -2.41. The van der Waals surface area contributed by atoms with Crippen LogP contribution < -0.4 is 5.32 Å². The van der Waals surface area contributed by atoms with Gasteiger partial charge in [0.2, 0.25) is 5.91 Å². The summed E-state index contributed by atoms with van der Waals surface area (Å²) in [5, 5.41) is 21.7. The number of anilines is 1. The van der Waals surface area contributed by atoms with E-state index in [1.165, 1.54) is 6.07 Å². The van der Waals surface area contributed by atoms with Gasteiger partial charge in [-0.25, -0.2) is 0 Å². The van der Waals surface area contributed by atoms with E-state index >= 15 is 0 Å². The van der Waals surface area contributed by atoms with Crippen LogP contribution in [-0.4, -0.2) is 47.6 Å². The van der Waals surface area contributed by atoms with Crippen LogP contribution in [0.3, 0.4) is 0 Å². The van der Waals surface area contributed by atoms with Crippen molar-refractivity contribution in [2.24, 2.45) is 5.92 Å². The SMILES string of the molecule is CC(C)CN1C(=O)CO[C@H](c2ccc(NC(=O)c3cccc(C#N)c3)cc2)[C@H]1CO. The van der Waals surface area contributed by atoms with Gasteiger partial charge in [-0.15, -0.1) is 0 Å². The highest BCUT2D eigenvalue weighted by atomic mass is 16.5. The fraction of sp³-hybridized carbons (Fsp3) is 0.348. The Kier molecular flexibility index (Phi) is 6.83. The monoisotopic (exact) mass is 407 g/mol. The fourth-order valence-corrected chi connectivity index (χ4v) is 3.54. The summed E-state index contributed by atoms with van der Waals surface area (Å²) in [4.78, 5) is 26.4. The predicted molar refractivity (Wildman–Crippen MR) is 112 cm³/mol. The summed E-state index contributed by atoms with van der Waals surface area (Å²) in [5.41, 5.74) is 2.23. The Morgan fingerprint density at radius 1 is 1.30 bits per heavy atom. The van der Waals surface area contributed by atoms with E-state index in [0.29, 0.717) is 23.4 Å². The molecule has 0 spiro atoms. The number of nitrogens with one attached hydrogen (secondary N) is 1. The lowest BCUT2D eigenvalue weighted by molar-refractivity contribution is -0.161. The van der Waals surface area contributed by atoms with Crippen LogP contribution in [0, 0.1) is 17.2 Å². The minimum Gasteiger partial charge on any atom is -0.394 e. The summed E-state index contributed by atoms with van der Waals surface area (Å²) in [5.74, 6) is -0.155. The molecule has 0 radical (unpaired) electrons. The van der Waals surface area contributed by atoms with Crippen molar-refractivity contribution < 1.29 is 19.4 Å². The largest absolute Gasteiger partial charge is 0.394 e. The summed E-state index contributed by atoms with van der Waals surface area (Å²) in [6.07, 6.45) is -0.441. The fourth-order valence-electron chi connectivity index (χ4n) is 3.54. The smallest absolute Gasteiger partial charge is 0.255 e. The first-order valence-electron chi connectivity index (χ1n) is 9.86. The number of morpholine rings is 1. The zero-order valence-corrected chi connectivity index (χ0v) is 17.0. The molecular weight excluding hydrogens is 382 g/mol. The number of benzene rings is 2. The van der Waals surface area contributed by atoms with Crippen LogP contribution in [0.2, 0.25) is 0 Å². The van der Waals surface area contributed by atoms with Crippen molar-refractivity contribution in [3.05, 3.63) is 65.2 Å². The van der Waals surface area contributed by atoms with E-state index < -0.39 is 12.1 Å². The van der Waals surface area contributed by atoms with Gasteiger partial charge in [0.1, 0.15) is 12.7 Å². The lowest BCUT2D eigenvalue weighted by Crippen LogP contribution is -2.53. The zero-order chi connectivity index (χ0) is 21.7. The molecule has 156 valence electrons. The van der Waals surface area contributed by atoms with Crippen LogP contribution in [0.25, 0.3) is 0 Å². The summed E-state index contributed by atoms with van der Waals surface area (Å²) in [6, 6.07) is 15.2. The molecule has 2 N–H and O–H groups in total. The second-order valence-corrected chi connectivity index (χ2v) is 7.69. The van der Waals surface area contributed by atoms with Gasteiger partial charge in [0, 0.05) is 17.8 Å². The number of carbonyl (C=O) groups excluding carboxylic acids is 2. The summed E-state index contributed by atoms with van der Waals surface area (Å²) in [6.45, 7) is 4.38. The second kappa shape index (κ2) is 9.53. The van der Waals surface area contributed by atoms with Gasteiger partial charge in [-0.3, -0.25) is 9.59 Å². The van der Waals surface area contributed by atoms with Crippen molar-refractivity contribution in [3.63, 3.8) is 0 Å². The molecule has 2 atom stereocenters. The Morgan fingerprint density at radius 3 is 2.67 bits per heavy atom. The highest BCUT2D eigenvalue weighted by Gasteiger charge is 2.37. The third-order valence-corrected chi connectivity index (χ3v) is 4.96. The van der Waals surface area contributed by atoms with Crippen molar-refractivity contribution in [2.45, 2.75) is 26.0 Å². The first-order valence-corrected chi connectivity index (χ1v) is 9.86. The van der Waals surface area contributed by atoms with Gasteiger partial charge in [-0.1, -0.05) is 32.0 Å². The molecular formula is C23H25N3O4. The predicted octanol–water partition coefficient (Wildman–Crippen LogP) is 2.73. The first kappa shape index (κ1) is 21.5. The molecule has 1 aliphatic rings. The molecule has 1 aliphatic heterocycles. The molecule has 2 aromatic carbocycles. The number of ether oxygens (including phenoxy) is 1. The number of hydrogen-bond donors (Lipinski definition) is 2. The Bertz CT molecular complexity index is 950. The molecule has 2 amide bonds. The Labute approximate surface area is 175 Å². The number of aliphatic hydroxyl groups excluding tert-OH is 1. The van der Waals surface area contributed by atoms with Crippen molar-refractivity contribution in [1.82, 2.24) is 4.90 Å². The van der Waals surface area contributed by atoms with Crippen LogP contribution in [0.1, 0.15) is 41.4 Å². The van der Waals surface area contributed by atoms with Crippen LogP contribution in [0.5, 0.6) is 0 Å². The maximum atomic E-state index is 12.4. The number of amides is 2. The molecule has 0 bridgehead atoms. The average molecular weight is 407 g/mol. The van der Waals surface area contributed by atoms with Gasteiger partial charge in [0.15, 0.2) is 0 Å². The molecule has 0 saturated carbocycles. The van der Waals surface area contributed by atoms with E-state index in [2.05, 4.69) is 5.32 Å². The molecule has 1 saturated heterocycles. The molecule has 2 aromatic rings. The molecule has 1 fully saturated rings. The summed E-state index contributed by atoms with van der Waals surface area (Å²) < 4.78 is 5.74. The van der Waals surface area contributed by atoms with E-state index in [9.17, 15) is 14.7 Å². The van der Waals surface area contributed by atoms with Crippen LogP contribution in [0.4, 0.5) is 5.69 Å². The average Bonchev–Trinajstić information content (AvgIpc) is 2.75. The molecule has 1 heterocycles. The van der Waals surface area contributed by atoms with Gasteiger partial charge >= 0.3 is 0 Å².